The summed E-state index contributed by atoms with van der Waals surface area (Å²) in [7, 11) is 0. The molecule has 0 aliphatic heterocycles. The van der Waals surface area contributed by atoms with E-state index in [0.717, 1.165) is 16.1 Å². The van der Waals surface area contributed by atoms with Crippen LogP contribution in [0, 0.1) is 0 Å². The van der Waals surface area contributed by atoms with Gasteiger partial charge in [-0.15, -0.1) is 0 Å². The number of aromatic nitrogens is 1. The zero-order valence-corrected chi connectivity index (χ0v) is 7.71. The van der Waals surface area contributed by atoms with Gasteiger partial charge in [0, 0.05) is 11.9 Å². The Hall–Kier alpha value is -1.55. The van der Waals surface area contributed by atoms with Crippen molar-refractivity contribution in [1.82, 2.24) is 4.98 Å². The summed E-state index contributed by atoms with van der Waals surface area (Å²) in [5.41, 5.74) is 13.0. The maximum Gasteiger partial charge on any atom is 0.180 e. The van der Waals surface area contributed by atoms with Gasteiger partial charge in [-0.05, 0) is 17.7 Å². The molecule has 2 rings (SSSR count). The van der Waals surface area contributed by atoms with Crippen LogP contribution in [-0.4, -0.2) is 4.98 Å². The molecular weight excluding hydrogens is 182 g/mol. The first-order valence-corrected chi connectivity index (χ1v) is 4.64. The minimum atomic E-state index is 0.581. The van der Waals surface area contributed by atoms with Crippen molar-refractivity contribution in [2.45, 2.75) is 0 Å². The lowest BCUT2D eigenvalue weighted by atomic mass is 10.2. The van der Waals surface area contributed by atoms with Gasteiger partial charge < -0.3 is 11.5 Å². The summed E-state index contributed by atoms with van der Waals surface area (Å²) in [6, 6.07) is 7.67. The fraction of sp³-hybridized carbons (Fsp3) is 0. The Kier molecular flexibility index (Phi) is 1.90. The quantitative estimate of drug-likeness (QED) is 0.677. The van der Waals surface area contributed by atoms with E-state index in [1.807, 2.05) is 24.3 Å². The summed E-state index contributed by atoms with van der Waals surface area (Å²) in [4.78, 5) is 5.02. The molecule has 3 nitrogen and oxygen atoms in total. The van der Waals surface area contributed by atoms with E-state index < -0.39 is 0 Å². The van der Waals surface area contributed by atoms with E-state index in [1.165, 1.54) is 11.3 Å². The topological polar surface area (TPSA) is 64.9 Å². The lowest BCUT2D eigenvalue weighted by Crippen LogP contribution is -1.83. The maximum atomic E-state index is 5.66. The first kappa shape index (κ1) is 8.07. The zero-order valence-electron chi connectivity index (χ0n) is 6.90. The average molecular weight is 191 g/mol. The predicted molar refractivity (Wildman–Crippen MR) is 56.4 cm³/mol. The molecule has 0 aliphatic carbocycles. The summed E-state index contributed by atoms with van der Waals surface area (Å²) in [5, 5.41) is 0.581. The van der Waals surface area contributed by atoms with Crippen molar-refractivity contribution in [1.29, 1.82) is 0 Å². The number of anilines is 2. The molecule has 0 radical (unpaired) electrons. The number of hydrogen-bond donors (Lipinski definition) is 2. The van der Waals surface area contributed by atoms with Crippen molar-refractivity contribution in [3.63, 3.8) is 0 Å². The molecule has 4 N–H and O–H groups in total. The summed E-state index contributed by atoms with van der Waals surface area (Å²) in [5.74, 6) is 0. The van der Waals surface area contributed by atoms with E-state index >= 15 is 0 Å². The number of nitrogens with two attached hydrogens (primary N) is 2. The van der Waals surface area contributed by atoms with Crippen LogP contribution in [0.2, 0.25) is 0 Å². The molecule has 0 spiro atoms. The number of nitrogens with zero attached hydrogens (tertiary/aromatic N) is 1. The van der Waals surface area contributed by atoms with Crippen LogP contribution in [0.4, 0.5) is 10.8 Å². The van der Waals surface area contributed by atoms with Crippen LogP contribution in [0.25, 0.3) is 10.4 Å². The van der Waals surface area contributed by atoms with Crippen LogP contribution in [-0.2, 0) is 0 Å². The Bertz CT molecular complexity index is 422. The number of nitrogen functional groups attached to an aromatic ring is 2. The largest absolute Gasteiger partial charge is 0.399 e. The highest BCUT2D eigenvalue weighted by Gasteiger charge is 2.01. The van der Waals surface area contributed by atoms with Gasteiger partial charge in [0.1, 0.15) is 0 Å². The van der Waals surface area contributed by atoms with Crippen molar-refractivity contribution >= 4 is 22.2 Å². The molecule has 13 heavy (non-hydrogen) atoms. The monoisotopic (exact) mass is 191 g/mol. The summed E-state index contributed by atoms with van der Waals surface area (Å²) >= 11 is 1.46. The second kappa shape index (κ2) is 3.06. The highest BCUT2D eigenvalue weighted by Crippen LogP contribution is 2.28. The Morgan fingerprint density at radius 2 is 2.08 bits per heavy atom. The minimum Gasteiger partial charge on any atom is -0.399 e. The van der Waals surface area contributed by atoms with Crippen molar-refractivity contribution in [3.8, 4) is 10.4 Å². The Morgan fingerprint density at radius 1 is 1.23 bits per heavy atom. The van der Waals surface area contributed by atoms with Gasteiger partial charge in [0.15, 0.2) is 5.13 Å². The standard InChI is InChI=1S/C9H9N3S/c10-7-3-1-2-6(4-7)8-5-12-9(11)13-8/h1-5H,10H2,(H2,11,12). The van der Waals surface area contributed by atoms with Crippen LogP contribution in [0.15, 0.2) is 30.5 Å². The number of hydrogen-bond acceptors (Lipinski definition) is 4. The first-order valence-electron chi connectivity index (χ1n) is 3.83. The van der Waals surface area contributed by atoms with Gasteiger partial charge in [-0.2, -0.15) is 0 Å². The third-order valence-electron chi connectivity index (χ3n) is 1.69. The first-order chi connectivity index (χ1) is 6.25. The van der Waals surface area contributed by atoms with Gasteiger partial charge >= 0.3 is 0 Å². The van der Waals surface area contributed by atoms with Gasteiger partial charge in [0.2, 0.25) is 0 Å². The predicted octanol–water partition coefficient (Wildman–Crippen LogP) is 1.97. The Labute approximate surface area is 80.0 Å². The van der Waals surface area contributed by atoms with Crippen molar-refractivity contribution in [2.75, 3.05) is 11.5 Å². The van der Waals surface area contributed by atoms with Gasteiger partial charge in [-0.1, -0.05) is 23.5 Å². The fourth-order valence-corrected chi connectivity index (χ4v) is 1.79. The summed E-state index contributed by atoms with van der Waals surface area (Å²) in [6.45, 7) is 0. The molecule has 0 saturated carbocycles. The van der Waals surface area contributed by atoms with Crippen molar-refractivity contribution < 1.29 is 0 Å². The molecule has 0 aliphatic rings. The molecule has 1 heterocycles. The molecule has 4 heteroatoms. The van der Waals surface area contributed by atoms with E-state index in [9.17, 15) is 0 Å². The minimum absolute atomic E-state index is 0.581. The second-order valence-corrected chi connectivity index (χ2v) is 3.75. The molecule has 1 aromatic heterocycles. The average Bonchev–Trinajstić information content (AvgIpc) is 2.52. The van der Waals surface area contributed by atoms with E-state index in [1.54, 1.807) is 6.20 Å². The molecule has 2 aromatic rings. The molecule has 66 valence electrons. The van der Waals surface area contributed by atoms with E-state index in [0.29, 0.717) is 5.13 Å². The van der Waals surface area contributed by atoms with Gasteiger partial charge in [-0.25, -0.2) is 4.98 Å². The highest BCUT2D eigenvalue weighted by atomic mass is 32.1. The van der Waals surface area contributed by atoms with E-state index in [-0.39, 0.29) is 0 Å². The molecule has 1 aromatic carbocycles. The zero-order chi connectivity index (χ0) is 9.26. The Morgan fingerprint density at radius 3 is 2.69 bits per heavy atom. The third-order valence-corrected chi connectivity index (χ3v) is 2.57. The van der Waals surface area contributed by atoms with Gasteiger partial charge in [0.05, 0.1) is 4.88 Å². The summed E-state index contributed by atoms with van der Waals surface area (Å²) < 4.78 is 0. The fourth-order valence-electron chi connectivity index (χ4n) is 1.11. The number of thiazole rings is 1. The second-order valence-electron chi connectivity index (χ2n) is 2.69. The van der Waals surface area contributed by atoms with Crippen molar-refractivity contribution in [3.05, 3.63) is 30.5 Å². The van der Waals surface area contributed by atoms with Crippen molar-refractivity contribution in [2.24, 2.45) is 0 Å². The van der Waals surface area contributed by atoms with Crippen LogP contribution in [0.5, 0.6) is 0 Å². The summed E-state index contributed by atoms with van der Waals surface area (Å²) in [6.07, 6.45) is 1.76. The van der Waals surface area contributed by atoms with E-state index in [4.69, 9.17) is 11.5 Å². The van der Waals surface area contributed by atoms with Crippen LogP contribution >= 0.6 is 11.3 Å². The van der Waals surface area contributed by atoms with Gasteiger partial charge in [-0.3, -0.25) is 0 Å². The highest BCUT2D eigenvalue weighted by molar-refractivity contribution is 7.18. The van der Waals surface area contributed by atoms with Crippen LogP contribution in [0.3, 0.4) is 0 Å². The third kappa shape index (κ3) is 1.62. The van der Waals surface area contributed by atoms with Crippen LogP contribution in [0.1, 0.15) is 0 Å². The Balaban J connectivity index is 2.46. The molecular formula is C9H9N3S. The molecule has 0 amide bonds. The molecule has 0 saturated heterocycles. The number of rotatable bonds is 1. The smallest absolute Gasteiger partial charge is 0.180 e. The maximum absolute atomic E-state index is 5.66. The molecule has 0 atom stereocenters. The van der Waals surface area contributed by atoms with Gasteiger partial charge in [0.25, 0.3) is 0 Å². The molecule has 0 fully saturated rings. The lowest BCUT2D eigenvalue weighted by molar-refractivity contribution is 1.42. The van der Waals surface area contributed by atoms with E-state index in [2.05, 4.69) is 4.98 Å². The molecule has 0 bridgehead atoms. The normalized spacial score (nSPS) is 10.2. The number of benzene rings is 1. The lowest BCUT2D eigenvalue weighted by Gasteiger charge is -1.96. The van der Waals surface area contributed by atoms with Crippen LogP contribution < -0.4 is 11.5 Å². The molecule has 0 unspecified atom stereocenters. The SMILES string of the molecule is Nc1cccc(-c2cnc(N)s2)c1.